The Bertz CT molecular complexity index is 537. The summed E-state index contributed by atoms with van der Waals surface area (Å²) in [5.41, 5.74) is 7.95. The molecule has 0 unspecified atom stereocenters. The lowest BCUT2D eigenvalue weighted by Crippen LogP contribution is -2.28. The highest BCUT2D eigenvalue weighted by molar-refractivity contribution is 5.78. The van der Waals surface area contributed by atoms with Crippen LogP contribution in [0.25, 0.3) is 0 Å². The smallest absolute Gasteiger partial charge is 0.226 e. The quantitative estimate of drug-likeness (QED) is 0.879. The van der Waals surface area contributed by atoms with Crippen molar-refractivity contribution in [2.45, 2.75) is 19.4 Å². The highest BCUT2D eigenvalue weighted by Crippen LogP contribution is 2.11. The number of pyridine rings is 1. The first-order valence-corrected chi connectivity index (χ1v) is 6.20. The largest absolute Gasteiger partial charge is 0.397 e. The molecular weight excluding hydrogens is 238 g/mol. The molecule has 98 valence electrons. The van der Waals surface area contributed by atoms with Crippen molar-refractivity contribution in [2.24, 2.45) is 0 Å². The van der Waals surface area contributed by atoms with Crippen LogP contribution in [-0.4, -0.2) is 10.9 Å². The Morgan fingerprint density at radius 3 is 2.63 bits per heavy atom. The van der Waals surface area contributed by atoms with E-state index in [2.05, 4.69) is 10.3 Å². The number of carbonyl (C=O) groups is 1. The molecule has 0 radical (unpaired) electrons. The van der Waals surface area contributed by atoms with E-state index in [-0.39, 0.29) is 18.4 Å². The molecule has 4 heteroatoms. The molecule has 0 bridgehead atoms. The van der Waals surface area contributed by atoms with Gasteiger partial charge in [0, 0.05) is 5.69 Å². The molecule has 1 aromatic carbocycles. The molecule has 0 saturated carbocycles. The van der Waals surface area contributed by atoms with Crippen molar-refractivity contribution in [1.29, 1.82) is 0 Å². The van der Waals surface area contributed by atoms with Crippen molar-refractivity contribution < 1.29 is 4.79 Å². The zero-order chi connectivity index (χ0) is 13.7. The van der Waals surface area contributed by atoms with Crippen LogP contribution in [0.1, 0.15) is 24.2 Å². The summed E-state index contributed by atoms with van der Waals surface area (Å²) in [7, 11) is 0. The van der Waals surface area contributed by atoms with Gasteiger partial charge < -0.3 is 11.1 Å². The minimum atomic E-state index is -0.0476. The van der Waals surface area contributed by atoms with E-state index in [1.807, 2.05) is 37.3 Å². The molecule has 0 aliphatic carbocycles. The molecule has 1 atom stereocenters. The number of carbonyl (C=O) groups excluding carboxylic acids is 1. The number of hydrogen-bond donors (Lipinski definition) is 2. The Morgan fingerprint density at radius 2 is 2.00 bits per heavy atom. The highest BCUT2D eigenvalue weighted by Gasteiger charge is 2.10. The number of nitrogens with two attached hydrogens (primary N) is 1. The van der Waals surface area contributed by atoms with Crippen LogP contribution in [0.2, 0.25) is 0 Å². The van der Waals surface area contributed by atoms with Gasteiger partial charge in [0.2, 0.25) is 5.91 Å². The van der Waals surface area contributed by atoms with E-state index in [4.69, 9.17) is 5.73 Å². The maximum absolute atomic E-state index is 11.9. The fourth-order valence-electron chi connectivity index (χ4n) is 1.82. The summed E-state index contributed by atoms with van der Waals surface area (Å²) in [5, 5.41) is 2.95. The molecule has 0 saturated heterocycles. The van der Waals surface area contributed by atoms with E-state index in [0.717, 1.165) is 5.56 Å². The first-order chi connectivity index (χ1) is 9.15. The number of hydrogen-bond acceptors (Lipinski definition) is 3. The lowest BCUT2D eigenvalue weighted by Gasteiger charge is -2.14. The van der Waals surface area contributed by atoms with Crippen LogP contribution in [-0.2, 0) is 11.2 Å². The fourth-order valence-corrected chi connectivity index (χ4v) is 1.82. The number of benzene rings is 1. The second-order valence-electron chi connectivity index (χ2n) is 4.46. The van der Waals surface area contributed by atoms with Crippen LogP contribution in [0.15, 0.2) is 48.7 Å². The Labute approximate surface area is 112 Å². The van der Waals surface area contributed by atoms with Crippen LogP contribution in [0.5, 0.6) is 0 Å². The van der Waals surface area contributed by atoms with Crippen molar-refractivity contribution in [1.82, 2.24) is 10.3 Å². The van der Waals surface area contributed by atoms with Crippen molar-refractivity contribution in [3.05, 3.63) is 59.9 Å². The Kier molecular flexibility index (Phi) is 4.13. The third-order valence-corrected chi connectivity index (χ3v) is 2.87. The van der Waals surface area contributed by atoms with Gasteiger partial charge in [0.05, 0.1) is 24.3 Å². The SMILES string of the molecule is C[C@@H](NC(=O)Cc1ccc(N)cn1)c1ccccc1. The molecule has 3 N–H and O–H groups in total. The van der Waals surface area contributed by atoms with Crippen molar-refractivity contribution in [2.75, 3.05) is 5.73 Å². The number of amides is 1. The predicted molar refractivity (Wildman–Crippen MR) is 75.4 cm³/mol. The van der Waals surface area contributed by atoms with Crippen molar-refractivity contribution in [3.8, 4) is 0 Å². The van der Waals surface area contributed by atoms with Gasteiger partial charge >= 0.3 is 0 Å². The number of rotatable bonds is 4. The van der Waals surface area contributed by atoms with Gasteiger partial charge in [0.1, 0.15) is 0 Å². The summed E-state index contributed by atoms with van der Waals surface area (Å²) in [4.78, 5) is 16.0. The highest BCUT2D eigenvalue weighted by atomic mass is 16.1. The summed E-state index contributed by atoms with van der Waals surface area (Å²) < 4.78 is 0. The molecule has 0 aliphatic rings. The van der Waals surface area contributed by atoms with Crippen molar-refractivity contribution >= 4 is 11.6 Å². The number of nitrogen functional groups attached to an aromatic ring is 1. The standard InChI is InChI=1S/C15H17N3O/c1-11(12-5-3-2-4-6-12)18-15(19)9-14-8-7-13(16)10-17-14/h2-8,10-11H,9,16H2,1H3,(H,18,19)/t11-/m1/s1. The first kappa shape index (κ1) is 13.1. The monoisotopic (exact) mass is 255 g/mol. The Hall–Kier alpha value is -2.36. The van der Waals surface area contributed by atoms with Crippen LogP contribution < -0.4 is 11.1 Å². The second kappa shape index (κ2) is 6.00. The van der Waals surface area contributed by atoms with Crippen molar-refractivity contribution in [3.63, 3.8) is 0 Å². The van der Waals surface area contributed by atoms with E-state index >= 15 is 0 Å². The third kappa shape index (κ3) is 3.81. The van der Waals surface area contributed by atoms with Gasteiger partial charge in [-0.05, 0) is 24.6 Å². The van der Waals surface area contributed by atoms with Gasteiger partial charge in [-0.25, -0.2) is 0 Å². The molecule has 0 aliphatic heterocycles. The fraction of sp³-hybridized carbons (Fsp3) is 0.200. The predicted octanol–water partition coefficient (Wildman–Crippen LogP) is 2.08. The van der Waals surface area contributed by atoms with Crippen LogP contribution in [0.4, 0.5) is 5.69 Å². The summed E-state index contributed by atoms with van der Waals surface area (Å²) in [6.07, 6.45) is 1.82. The number of anilines is 1. The number of nitrogens with zero attached hydrogens (tertiary/aromatic N) is 1. The molecule has 4 nitrogen and oxygen atoms in total. The van der Waals surface area contributed by atoms with E-state index in [1.165, 1.54) is 0 Å². The van der Waals surface area contributed by atoms with Gasteiger partial charge in [-0.1, -0.05) is 30.3 Å². The summed E-state index contributed by atoms with van der Waals surface area (Å²) >= 11 is 0. The Morgan fingerprint density at radius 1 is 1.26 bits per heavy atom. The van der Waals surface area contributed by atoms with E-state index < -0.39 is 0 Å². The molecule has 2 rings (SSSR count). The summed E-state index contributed by atoms with van der Waals surface area (Å²) in [6, 6.07) is 13.4. The molecule has 19 heavy (non-hydrogen) atoms. The molecule has 1 aromatic heterocycles. The average Bonchev–Trinajstić information content (AvgIpc) is 2.42. The minimum absolute atomic E-state index is 0.0116. The first-order valence-electron chi connectivity index (χ1n) is 6.20. The lowest BCUT2D eigenvalue weighted by molar-refractivity contribution is -0.121. The Balaban J connectivity index is 1.93. The molecule has 0 fully saturated rings. The molecular formula is C15H17N3O. The number of nitrogens with one attached hydrogen (secondary N) is 1. The van der Waals surface area contributed by atoms with Gasteiger partial charge in [-0.2, -0.15) is 0 Å². The zero-order valence-electron chi connectivity index (χ0n) is 10.8. The van der Waals surface area contributed by atoms with E-state index in [9.17, 15) is 4.79 Å². The van der Waals surface area contributed by atoms with Gasteiger partial charge in [-0.3, -0.25) is 9.78 Å². The maximum Gasteiger partial charge on any atom is 0.226 e. The number of aromatic nitrogens is 1. The zero-order valence-corrected chi connectivity index (χ0v) is 10.8. The molecule has 1 amide bonds. The van der Waals surface area contributed by atoms with E-state index in [0.29, 0.717) is 11.4 Å². The minimum Gasteiger partial charge on any atom is -0.397 e. The molecule has 1 heterocycles. The second-order valence-corrected chi connectivity index (χ2v) is 4.46. The van der Waals surface area contributed by atoms with Gasteiger partial charge in [0.25, 0.3) is 0 Å². The van der Waals surface area contributed by atoms with Gasteiger partial charge in [-0.15, -0.1) is 0 Å². The summed E-state index contributed by atoms with van der Waals surface area (Å²) in [5.74, 6) is -0.0476. The third-order valence-electron chi connectivity index (χ3n) is 2.87. The average molecular weight is 255 g/mol. The molecule has 2 aromatic rings. The lowest BCUT2D eigenvalue weighted by atomic mass is 10.1. The molecule has 0 spiro atoms. The topological polar surface area (TPSA) is 68.0 Å². The maximum atomic E-state index is 11.9. The normalized spacial score (nSPS) is 11.8. The van der Waals surface area contributed by atoms with Gasteiger partial charge in [0.15, 0.2) is 0 Å². The van der Waals surface area contributed by atoms with Crippen LogP contribution in [0, 0.1) is 0 Å². The summed E-state index contributed by atoms with van der Waals surface area (Å²) in [6.45, 7) is 1.96. The van der Waals surface area contributed by atoms with E-state index in [1.54, 1.807) is 18.3 Å². The van der Waals surface area contributed by atoms with Crippen LogP contribution >= 0.6 is 0 Å². The van der Waals surface area contributed by atoms with Crippen LogP contribution in [0.3, 0.4) is 0 Å².